The summed E-state index contributed by atoms with van der Waals surface area (Å²) in [6, 6.07) is 4.39. The summed E-state index contributed by atoms with van der Waals surface area (Å²) in [5, 5.41) is 3.43. The molecular formula is C12H10BrClFN3. The van der Waals surface area contributed by atoms with E-state index in [0.29, 0.717) is 22.5 Å². The third-order valence-corrected chi connectivity index (χ3v) is 3.44. The summed E-state index contributed by atoms with van der Waals surface area (Å²) in [5.41, 5.74) is 1.31. The van der Waals surface area contributed by atoms with E-state index >= 15 is 0 Å². The largest absolute Gasteiger partial charge is 0.339 e. The molecule has 3 nitrogen and oxygen atoms in total. The van der Waals surface area contributed by atoms with Crippen LogP contribution in [0.5, 0.6) is 0 Å². The summed E-state index contributed by atoms with van der Waals surface area (Å²) < 4.78 is 13.9. The number of rotatable bonds is 2. The van der Waals surface area contributed by atoms with Crippen LogP contribution in [0.25, 0.3) is 0 Å². The predicted octanol–water partition coefficient (Wildman–Crippen LogP) is 4.39. The van der Waals surface area contributed by atoms with Gasteiger partial charge in [-0.1, -0.05) is 11.6 Å². The molecule has 0 aliphatic carbocycles. The highest BCUT2D eigenvalue weighted by Gasteiger charge is 2.09. The van der Waals surface area contributed by atoms with Crippen molar-refractivity contribution in [3.63, 3.8) is 0 Å². The maximum absolute atomic E-state index is 13.2. The smallest absolute Gasteiger partial charge is 0.138 e. The minimum atomic E-state index is -0.324. The number of halogens is 3. The molecule has 18 heavy (non-hydrogen) atoms. The van der Waals surface area contributed by atoms with Gasteiger partial charge in [0.05, 0.1) is 5.69 Å². The molecule has 94 valence electrons. The van der Waals surface area contributed by atoms with E-state index < -0.39 is 0 Å². The van der Waals surface area contributed by atoms with Crippen molar-refractivity contribution in [3.05, 3.63) is 45.0 Å². The number of nitrogens with one attached hydrogen (secondary N) is 1. The third kappa shape index (κ3) is 2.79. The van der Waals surface area contributed by atoms with Gasteiger partial charge in [0.2, 0.25) is 0 Å². The van der Waals surface area contributed by atoms with Gasteiger partial charge in [0, 0.05) is 10.0 Å². The molecule has 1 aromatic heterocycles. The number of anilines is 2. The van der Waals surface area contributed by atoms with Crippen LogP contribution in [-0.2, 0) is 0 Å². The first kappa shape index (κ1) is 13.2. The Morgan fingerprint density at radius 2 is 2.00 bits per heavy atom. The van der Waals surface area contributed by atoms with E-state index in [1.54, 1.807) is 19.9 Å². The minimum absolute atomic E-state index is 0.324. The molecule has 2 rings (SSSR count). The van der Waals surface area contributed by atoms with Gasteiger partial charge in [-0.15, -0.1) is 0 Å². The summed E-state index contributed by atoms with van der Waals surface area (Å²) in [5.74, 6) is 0.801. The molecule has 1 N–H and O–H groups in total. The lowest BCUT2D eigenvalue weighted by Gasteiger charge is -2.11. The van der Waals surface area contributed by atoms with Crippen molar-refractivity contribution in [2.75, 3.05) is 5.32 Å². The molecule has 0 atom stereocenters. The first-order chi connectivity index (χ1) is 8.47. The van der Waals surface area contributed by atoms with Crippen LogP contribution >= 0.6 is 27.5 Å². The molecule has 0 saturated heterocycles. The molecule has 0 amide bonds. The highest BCUT2D eigenvalue weighted by atomic mass is 79.9. The summed E-state index contributed by atoms with van der Waals surface area (Å²) in [4.78, 5) is 8.29. The van der Waals surface area contributed by atoms with Crippen LogP contribution < -0.4 is 5.32 Å². The number of hydrogen-bond donors (Lipinski definition) is 1. The van der Waals surface area contributed by atoms with Crippen molar-refractivity contribution in [1.29, 1.82) is 0 Å². The maximum Gasteiger partial charge on any atom is 0.138 e. The van der Waals surface area contributed by atoms with Crippen LogP contribution in [0.1, 0.15) is 11.4 Å². The summed E-state index contributed by atoms with van der Waals surface area (Å²) in [6.45, 7) is 3.55. The van der Waals surface area contributed by atoms with Crippen LogP contribution in [0, 0.1) is 19.7 Å². The molecular weight excluding hydrogens is 321 g/mol. The van der Waals surface area contributed by atoms with Gasteiger partial charge in [-0.25, -0.2) is 14.4 Å². The molecule has 1 heterocycles. The molecule has 0 aliphatic heterocycles. The van der Waals surface area contributed by atoms with Gasteiger partial charge < -0.3 is 5.32 Å². The average Bonchev–Trinajstić information content (AvgIpc) is 2.30. The molecule has 0 bridgehead atoms. The SMILES string of the molecule is Cc1nc(Cl)c(C)c(Nc2cc(F)ccc2Br)n1. The quantitative estimate of drug-likeness (QED) is 0.830. The van der Waals surface area contributed by atoms with Crippen LogP contribution in [0.4, 0.5) is 15.9 Å². The predicted molar refractivity (Wildman–Crippen MR) is 73.9 cm³/mol. The van der Waals surface area contributed by atoms with Crippen LogP contribution in [0.3, 0.4) is 0 Å². The van der Waals surface area contributed by atoms with E-state index in [1.165, 1.54) is 12.1 Å². The monoisotopic (exact) mass is 329 g/mol. The van der Waals surface area contributed by atoms with Crippen molar-refractivity contribution in [2.24, 2.45) is 0 Å². The van der Waals surface area contributed by atoms with Gasteiger partial charge in [-0.3, -0.25) is 0 Å². The Morgan fingerprint density at radius 1 is 1.28 bits per heavy atom. The topological polar surface area (TPSA) is 37.8 Å². The zero-order valence-electron chi connectivity index (χ0n) is 9.76. The van der Waals surface area contributed by atoms with E-state index in [1.807, 2.05) is 0 Å². The maximum atomic E-state index is 13.2. The van der Waals surface area contributed by atoms with Crippen molar-refractivity contribution in [2.45, 2.75) is 13.8 Å². The second-order valence-electron chi connectivity index (χ2n) is 3.78. The molecule has 0 aliphatic rings. The Kier molecular flexibility index (Phi) is 3.82. The number of benzene rings is 1. The van der Waals surface area contributed by atoms with Gasteiger partial charge in [0.1, 0.15) is 22.6 Å². The minimum Gasteiger partial charge on any atom is -0.339 e. The number of hydrogen-bond acceptors (Lipinski definition) is 3. The Balaban J connectivity index is 2.43. The van der Waals surface area contributed by atoms with Crippen molar-refractivity contribution >= 4 is 39.0 Å². The van der Waals surface area contributed by atoms with E-state index in [4.69, 9.17) is 11.6 Å². The fraction of sp³-hybridized carbons (Fsp3) is 0.167. The van der Waals surface area contributed by atoms with Crippen molar-refractivity contribution in [1.82, 2.24) is 9.97 Å². The molecule has 0 radical (unpaired) electrons. The zero-order chi connectivity index (χ0) is 13.3. The van der Waals surface area contributed by atoms with Crippen molar-refractivity contribution in [3.8, 4) is 0 Å². The molecule has 0 fully saturated rings. The molecule has 0 saturated carbocycles. The van der Waals surface area contributed by atoms with E-state index in [2.05, 4.69) is 31.2 Å². The highest BCUT2D eigenvalue weighted by molar-refractivity contribution is 9.10. The van der Waals surface area contributed by atoms with Gasteiger partial charge in [0.25, 0.3) is 0 Å². The fourth-order valence-corrected chi connectivity index (χ4v) is 1.99. The number of aromatic nitrogens is 2. The van der Waals surface area contributed by atoms with Gasteiger partial charge >= 0.3 is 0 Å². The van der Waals surface area contributed by atoms with E-state index in [-0.39, 0.29) is 5.82 Å². The lowest BCUT2D eigenvalue weighted by molar-refractivity contribution is 0.628. The Bertz CT molecular complexity index is 604. The van der Waals surface area contributed by atoms with Crippen LogP contribution in [0.15, 0.2) is 22.7 Å². The Labute approximate surface area is 118 Å². The lowest BCUT2D eigenvalue weighted by atomic mass is 10.3. The second-order valence-corrected chi connectivity index (χ2v) is 5.00. The van der Waals surface area contributed by atoms with E-state index in [9.17, 15) is 4.39 Å². The molecule has 2 aromatic rings. The summed E-state index contributed by atoms with van der Waals surface area (Å²) >= 11 is 9.32. The Hall–Kier alpha value is -1.20. The lowest BCUT2D eigenvalue weighted by Crippen LogP contribution is -2.02. The molecule has 1 aromatic carbocycles. The average molecular weight is 331 g/mol. The fourth-order valence-electron chi connectivity index (χ4n) is 1.44. The first-order valence-electron chi connectivity index (χ1n) is 5.20. The van der Waals surface area contributed by atoms with Crippen LogP contribution in [-0.4, -0.2) is 9.97 Å². The van der Waals surface area contributed by atoms with Crippen LogP contribution in [0.2, 0.25) is 5.15 Å². The summed E-state index contributed by atoms with van der Waals surface area (Å²) in [6.07, 6.45) is 0. The first-order valence-corrected chi connectivity index (χ1v) is 6.37. The molecule has 0 spiro atoms. The van der Waals surface area contributed by atoms with E-state index in [0.717, 1.165) is 10.0 Å². The Morgan fingerprint density at radius 3 is 2.72 bits per heavy atom. The third-order valence-electron chi connectivity index (χ3n) is 2.38. The molecule has 0 unspecified atom stereocenters. The van der Waals surface area contributed by atoms with Crippen molar-refractivity contribution < 1.29 is 4.39 Å². The van der Waals surface area contributed by atoms with Gasteiger partial charge in [0.15, 0.2) is 0 Å². The standard InChI is InChI=1S/C12H10BrClFN3/c1-6-11(14)16-7(2)17-12(6)18-10-5-8(15)3-4-9(10)13/h3-5H,1-2H3,(H,16,17,18). The molecule has 6 heteroatoms. The second kappa shape index (κ2) is 5.20. The number of nitrogens with zero attached hydrogens (tertiary/aromatic N) is 2. The highest BCUT2D eigenvalue weighted by Crippen LogP contribution is 2.28. The normalized spacial score (nSPS) is 10.5. The van der Waals surface area contributed by atoms with Gasteiger partial charge in [-0.05, 0) is 48.0 Å². The zero-order valence-corrected chi connectivity index (χ0v) is 12.1. The summed E-state index contributed by atoms with van der Waals surface area (Å²) in [7, 11) is 0. The number of aryl methyl sites for hydroxylation is 1. The van der Waals surface area contributed by atoms with Gasteiger partial charge in [-0.2, -0.15) is 0 Å².